The standard InChI is InChI=1S/C34H34O14/c1-14-11-19(36)26-28(40)18-7-6-8-22(45-16(3)35)34(18,32(42)44-5)48-29(26)24(14)17-9-10-21-25(27(17)39)20(37)13-33(47-21,31(41)43-4)30-15(2)12-23(38)46-30/h9-11,15,18,22,30,36,39H,6-8,12-13H2,1-5H3. The van der Waals surface area contributed by atoms with Crippen molar-refractivity contribution >= 4 is 35.4 Å². The molecule has 6 unspecified atom stereocenters. The van der Waals surface area contributed by atoms with E-state index in [1.807, 2.05) is 0 Å². The fourth-order valence-corrected chi connectivity index (χ4v) is 7.71. The summed E-state index contributed by atoms with van der Waals surface area (Å²) in [6, 6.07) is 3.97. The number of benzene rings is 2. The molecule has 254 valence electrons. The Labute approximate surface area is 274 Å². The fourth-order valence-electron chi connectivity index (χ4n) is 7.71. The Morgan fingerprint density at radius 3 is 2.29 bits per heavy atom. The number of fused-ring (bicyclic) bond motifs is 3. The molecule has 1 saturated heterocycles. The van der Waals surface area contributed by atoms with Crippen LogP contribution in [0.2, 0.25) is 0 Å². The van der Waals surface area contributed by atoms with E-state index in [0.29, 0.717) is 6.42 Å². The zero-order valence-electron chi connectivity index (χ0n) is 26.9. The molecule has 3 heterocycles. The number of cyclic esters (lactones) is 1. The number of ether oxygens (including phenoxy) is 6. The molecule has 3 aliphatic heterocycles. The molecule has 2 aromatic carbocycles. The molecule has 14 heteroatoms. The predicted molar refractivity (Wildman–Crippen MR) is 161 cm³/mol. The minimum atomic E-state index is -2.12. The van der Waals surface area contributed by atoms with E-state index in [9.17, 15) is 39.0 Å². The number of carbonyl (C=O) groups is 6. The molecule has 14 nitrogen and oxygen atoms in total. The summed E-state index contributed by atoms with van der Waals surface area (Å²) in [5.41, 5.74) is -4.38. The summed E-state index contributed by atoms with van der Waals surface area (Å²) in [5, 5.41) is 22.7. The van der Waals surface area contributed by atoms with Crippen LogP contribution in [0.4, 0.5) is 0 Å². The largest absolute Gasteiger partial charge is 0.507 e. The van der Waals surface area contributed by atoms with Crippen LogP contribution in [0.1, 0.15) is 72.2 Å². The van der Waals surface area contributed by atoms with Crippen LogP contribution < -0.4 is 9.47 Å². The van der Waals surface area contributed by atoms with Gasteiger partial charge in [-0.15, -0.1) is 0 Å². The van der Waals surface area contributed by atoms with E-state index in [2.05, 4.69) is 0 Å². The Bertz CT molecular complexity index is 1790. The molecule has 6 atom stereocenters. The van der Waals surface area contributed by atoms with Gasteiger partial charge >= 0.3 is 23.9 Å². The van der Waals surface area contributed by atoms with Crippen molar-refractivity contribution < 1.29 is 67.4 Å². The van der Waals surface area contributed by atoms with Crippen LogP contribution in [-0.2, 0) is 38.1 Å². The Kier molecular flexibility index (Phi) is 7.87. The first-order valence-corrected chi connectivity index (χ1v) is 15.4. The first-order valence-electron chi connectivity index (χ1n) is 15.4. The smallest absolute Gasteiger partial charge is 0.354 e. The Hall–Kier alpha value is -5.14. The van der Waals surface area contributed by atoms with Gasteiger partial charge in [-0.25, -0.2) is 9.59 Å². The Morgan fingerprint density at radius 2 is 1.67 bits per heavy atom. The van der Waals surface area contributed by atoms with Gasteiger partial charge in [0.1, 0.15) is 34.1 Å². The van der Waals surface area contributed by atoms with Crippen LogP contribution in [-0.4, -0.2) is 83.3 Å². The number of aryl methyl sites for hydroxylation is 1. The highest BCUT2D eigenvalue weighted by atomic mass is 16.6. The highest BCUT2D eigenvalue weighted by Gasteiger charge is 2.65. The fraction of sp³-hybridized carbons (Fsp3) is 0.471. The Balaban J connectivity index is 1.53. The third-order valence-corrected chi connectivity index (χ3v) is 9.72. The van der Waals surface area contributed by atoms with Gasteiger partial charge in [-0.2, -0.15) is 0 Å². The van der Waals surface area contributed by atoms with Gasteiger partial charge in [-0.05, 0) is 49.9 Å². The molecule has 2 aromatic rings. The van der Waals surface area contributed by atoms with Crippen LogP contribution in [0, 0.1) is 18.8 Å². The van der Waals surface area contributed by atoms with Gasteiger partial charge in [-0.1, -0.05) is 6.92 Å². The second kappa shape index (κ2) is 11.5. The van der Waals surface area contributed by atoms with Gasteiger partial charge in [0.15, 0.2) is 23.8 Å². The highest BCUT2D eigenvalue weighted by molar-refractivity contribution is 6.12. The molecule has 1 aliphatic carbocycles. The lowest BCUT2D eigenvalue weighted by Crippen LogP contribution is -2.66. The van der Waals surface area contributed by atoms with E-state index in [-0.39, 0.29) is 58.6 Å². The predicted octanol–water partition coefficient (Wildman–Crippen LogP) is 3.12. The average molecular weight is 667 g/mol. The van der Waals surface area contributed by atoms with E-state index in [4.69, 9.17) is 28.4 Å². The van der Waals surface area contributed by atoms with Gasteiger partial charge in [-0.3, -0.25) is 19.2 Å². The monoisotopic (exact) mass is 666 g/mol. The topological polar surface area (TPSA) is 198 Å². The summed E-state index contributed by atoms with van der Waals surface area (Å²) in [6.45, 7) is 4.39. The molecule has 0 amide bonds. The number of phenolic OH excluding ortho intramolecular Hbond substituents is 2. The molecule has 0 bridgehead atoms. The number of methoxy groups -OCH3 is 2. The lowest BCUT2D eigenvalue weighted by atomic mass is 9.67. The minimum absolute atomic E-state index is 0.00575. The van der Waals surface area contributed by atoms with Gasteiger partial charge in [0.05, 0.1) is 33.0 Å². The van der Waals surface area contributed by atoms with Crippen molar-refractivity contribution in [2.75, 3.05) is 14.2 Å². The molecule has 0 radical (unpaired) electrons. The number of Topliss-reactive ketones (excluding diaryl/α,β-unsaturated/α-hetero) is 2. The van der Waals surface area contributed by atoms with Crippen LogP contribution in [0.15, 0.2) is 18.2 Å². The van der Waals surface area contributed by atoms with Crippen LogP contribution in [0.3, 0.4) is 0 Å². The van der Waals surface area contributed by atoms with Gasteiger partial charge in [0.25, 0.3) is 5.60 Å². The van der Waals surface area contributed by atoms with E-state index in [1.165, 1.54) is 18.2 Å². The van der Waals surface area contributed by atoms with Crippen molar-refractivity contribution in [3.05, 3.63) is 34.9 Å². The van der Waals surface area contributed by atoms with Crippen molar-refractivity contribution in [3.63, 3.8) is 0 Å². The summed E-state index contributed by atoms with van der Waals surface area (Å²) in [5.74, 6) is -7.77. The van der Waals surface area contributed by atoms with Crippen molar-refractivity contribution in [3.8, 4) is 34.1 Å². The minimum Gasteiger partial charge on any atom is -0.507 e. The number of hydrogen-bond acceptors (Lipinski definition) is 14. The number of carbonyl (C=O) groups excluding carboxylic acids is 6. The molecule has 1 saturated carbocycles. The van der Waals surface area contributed by atoms with Gasteiger partial charge in [0, 0.05) is 24.0 Å². The lowest BCUT2D eigenvalue weighted by Gasteiger charge is -2.48. The van der Waals surface area contributed by atoms with Crippen molar-refractivity contribution in [2.24, 2.45) is 11.8 Å². The number of ketones is 2. The number of hydrogen-bond donors (Lipinski definition) is 2. The van der Waals surface area contributed by atoms with E-state index >= 15 is 0 Å². The lowest BCUT2D eigenvalue weighted by molar-refractivity contribution is -0.193. The van der Waals surface area contributed by atoms with Crippen LogP contribution in [0.5, 0.6) is 23.0 Å². The molecular formula is C34H34O14. The first-order chi connectivity index (χ1) is 22.7. The van der Waals surface area contributed by atoms with Gasteiger partial charge in [0.2, 0.25) is 5.60 Å². The Morgan fingerprint density at radius 1 is 0.958 bits per heavy atom. The highest BCUT2D eigenvalue weighted by Crippen LogP contribution is 2.55. The molecule has 0 spiro atoms. The van der Waals surface area contributed by atoms with Crippen LogP contribution in [0.25, 0.3) is 11.1 Å². The third kappa shape index (κ3) is 4.60. The molecule has 2 fully saturated rings. The second-order valence-electron chi connectivity index (χ2n) is 12.6. The average Bonchev–Trinajstić information content (AvgIpc) is 3.38. The summed E-state index contributed by atoms with van der Waals surface area (Å²) >= 11 is 0. The summed E-state index contributed by atoms with van der Waals surface area (Å²) in [7, 11) is 2.21. The molecule has 6 rings (SSSR count). The molecule has 4 aliphatic rings. The SMILES string of the molecule is COC(=O)C1(C2OC(=O)CC2C)CC(=O)c2c(ccc(-c3c(C)cc(O)c4c3OC3(C(=O)OC)C(OC(C)=O)CCCC3C4=O)c2O)O1. The maximum absolute atomic E-state index is 14.1. The number of rotatable bonds is 5. The summed E-state index contributed by atoms with van der Waals surface area (Å²) < 4.78 is 33.6. The normalized spacial score (nSPS) is 28.9. The van der Waals surface area contributed by atoms with Crippen molar-refractivity contribution in [1.82, 2.24) is 0 Å². The maximum Gasteiger partial charge on any atom is 0.354 e. The zero-order valence-corrected chi connectivity index (χ0v) is 26.9. The van der Waals surface area contributed by atoms with E-state index in [0.717, 1.165) is 21.1 Å². The summed E-state index contributed by atoms with van der Waals surface area (Å²) in [6.07, 6.45) is -2.26. The molecule has 48 heavy (non-hydrogen) atoms. The van der Waals surface area contributed by atoms with Gasteiger partial charge < -0.3 is 38.6 Å². The van der Waals surface area contributed by atoms with Crippen molar-refractivity contribution in [2.45, 2.75) is 76.3 Å². The van der Waals surface area contributed by atoms with E-state index < -0.39 is 88.6 Å². The number of phenols is 2. The maximum atomic E-state index is 14.1. The summed E-state index contributed by atoms with van der Waals surface area (Å²) in [4.78, 5) is 78.9. The third-order valence-electron chi connectivity index (χ3n) is 9.72. The second-order valence-corrected chi connectivity index (χ2v) is 12.6. The quantitative estimate of drug-likeness (QED) is 0.348. The van der Waals surface area contributed by atoms with E-state index in [1.54, 1.807) is 13.8 Å². The van der Waals surface area contributed by atoms with Crippen LogP contribution >= 0.6 is 0 Å². The molecule has 0 aromatic heterocycles. The number of aromatic hydroxyl groups is 2. The molecular weight excluding hydrogens is 632 g/mol. The van der Waals surface area contributed by atoms with Crippen molar-refractivity contribution in [1.29, 1.82) is 0 Å². The first kappa shape index (κ1) is 32.8. The molecule has 2 N–H and O–H groups in total. The number of esters is 4. The zero-order chi connectivity index (χ0) is 34.9.